The maximum atomic E-state index is 12.7. The average molecular weight is 469 g/mol. The van der Waals surface area contributed by atoms with E-state index in [-0.39, 0.29) is 29.5 Å². The first-order valence-corrected chi connectivity index (χ1v) is 10.2. The predicted molar refractivity (Wildman–Crippen MR) is 106 cm³/mol. The lowest BCUT2D eigenvalue weighted by molar-refractivity contribution is -0.385. The van der Waals surface area contributed by atoms with Crippen LogP contribution in [0.1, 0.15) is 19.9 Å². The van der Waals surface area contributed by atoms with E-state index in [1.807, 2.05) is 0 Å². The molecule has 2 amide bonds. The number of fused-ring (bicyclic) bond motifs is 1. The summed E-state index contributed by atoms with van der Waals surface area (Å²) in [6.07, 6.45) is 1.04. The van der Waals surface area contributed by atoms with Crippen LogP contribution in [0.25, 0.3) is 0 Å². The first-order valence-electron chi connectivity index (χ1n) is 9.18. The van der Waals surface area contributed by atoms with Crippen molar-refractivity contribution in [1.29, 1.82) is 0 Å². The topological polar surface area (TPSA) is 183 Å². The molecule has 15 heteroatoms. The molecular formula is C17H19N5O9S. The summed E-state index contributed by atoms with van der Waals surface area (Å²) in [4.78, 5) is 59.5. The minimum Gasteiger partial charge on any atom is -0.477 e. The summed E-state index contributed by atoms with van der Waals surface area (Å²) in [5.74, 6) is -3.29. The van der Waals surface area contributed by atoms with Gasteiger partial charge in [-0.05, 0) is 6.92 Å². The zero-order valence-corrected chi connectivity index (χ0v) is 18.0. The Morgan fingerprint density at radius 2 is 2.16 bits per heavy atom. The van der Waals surface area contributed by atoms with E-state index in [1.165, 1.54) is 32.7 Å². The van der Waals surface area contributed by atoms with E-state index in [4.69, 9.17) is 9.47 Å². The Morgan fingerprint density at radius 1 is 1.47 bits per heavy atom. The van der Waals surface area contributed by atoms with Crippen LogP contribution < -0.4 is 10.1 Å². The number of carboxylic acids is 1. The monoisotopic (exact) mass is 469 g/mol. The van der Waals surface area contributed by atoms with Gasteiger partial charge in [0.2, 0.25) is 5.91 Å². The maximum Gasteiger partial charge on any atom is 0.352 e. The number of amides is 2. The number of aromatic nitrogens is 2. The number of carboxylic acid groups (broad SMARTS) is 1. The fourth-order valence-corrected chi connectivity index (χ4v) is 4.54. The van der Waals surface area contributed by atoms with Crippen LogP contribution >= 0.6 is 11.8 Å². The summed E-state index contributed by atoms with van der Waals surface area (Å²) in [6.45, 7) is 2.36. The smallest absolute Gasteiger partial charge is 0.352 e. The third-order valence-electron chi connectivity index (χ3n) is 4.84. The molecule has 3 heterocycles. The molecule has 2 N–H and O–H groups in total. The van der Waals surface area contributed by atoms with Crippen molar-refractivity contribution in [3.63, 3.8) is 0 Å². The molecule has 32 heavy (non-hydrogen) atoms. The molecule has 172 valence electrons. The number of hydrogen-bond acceptors (Lipinski definition) is 10. The highest BCUT2D eigenvalue weighted by Gasteiger charge is 2.54. The van der Waals surface area contributed by atoms with Gasteiger partial charge in [0, 0.05) is 18.2 Å². The van der Waals surface area contributed by atoms with E-state index in [2.05, 4.69) is 10.4 Å². The highest BCUT2D eigenvalue weighted by atomic mass is 32.2. The largest absolute Gasteiger partial charge is 0.477 e. The lowest BCUT2D eigenvalue weighted by Gasteiger charge is -2.49. The number of nitrogens with zero attached hydrogens (tertiary/aromatic N) is 4. The van der Waals surface area contributed by atoms with E-state index >= 15 is 0 Å². The fraction of sp³-hybridized carbons (Fsp3) is 0.471. The van der Waals surface area contributed by atoms with Gasteiger partial charge < -0.3 is 19.9 Å². The van der Waals surface area contributed by atoms with Gasteiger partial charge >= 0.3 is 23.5 Å². The Hall–Kier alpha value is -3.62. The van der Waals surface area contributed by atoms with Crippen LogP contribution in [0.5, 0.6) is 5.88 Å². The van der Waals surface area contributed by atoms with Crippen LogP contribution in [-0.2, 0) is 23.9 Å². The van der Waals surface area contributed by atoms with Gasteiger partial charge in [0.25, 0.3) is 5.91 Å². The van der Waals surface area contributed by atoms with E-state index < -0.39 is 51.8 Å². The normalized spacial score (nSPS) is 20.7. The molecule has 0 aromatic carbocycles. The van der Waals surface area contributed by atoms with Gasteiger partial charge in [-0.25, -0.2) is 9.48 Å². The van der Waals surface area contributed by atoms with Gasteiger partial charge in [-0.2, -0.15) is 0 Å². The molecule has 0 aliphatic carbocycles. The highest BCUT2D eigenvalue weighted by molar-refractivity contribution is 8.00. The fourth-order valence-electron chi connectivity index (χ4n) is 3.21. The second kappa shape index (κ2) is 8.86. The number of rotatable bonds is 8. The number of esters is 1. The summed E-state index contributed by atoms with van der Waals surface area (Å²) < 4.78 is 10.7. The van der Waals surface area contributed by atoms with Crippen molar-refractivity contribution in [2.45, 2.75) is 31.3 Å². The lowest BCUT2D eigenvalue weighted by atomic mass is 10.0. The standard InChI is InChI=1S/C17H19N5O9S/c1-7(20-4-10(22(28)29)14(19-20)30-3)13(24)18-11-15(25)21-12(17(26)27)9(5-31-8(2)23)6-32-16(11)21/h4,7,11,16H,5-6H2,1-3H3,(H,18,24)(H,26,27)/t7-,11-,16-/m1/s1. The van der Waals surface area contributed by atoms with E-state index in [0.29, 0.717) is 0 Å². The molecular weight excluding hydrogens is 450 g/mol. The first-order chi connectivity index (χ1) is 15.1. The molecule has 1 aromatic rings. The van der Waals surface area contributed by atoms with Crippen LogP contribution in [0.15, 0.2) is 17.5 Å². The average Bonchev–Trinajstić information content (AvgIpc) is 3.19. The Morgan fingerprint density at radius 3 is 2.69 bits per heavy atom. The van der Waals surface area contributed by atoms with Gasteiger partial charge in [0.05, 0.1) is 12.0 Å². The lowest BCUT2D eigenvalue weighted by Crippen LogP contribution is -2.71. The second-order valence-electron chi connectivity index (χ2n) is 6.87. The summed E-state index contributed by atoms with van der Waals surface area (Å²) in [5.41, 5.74) is -0.417. The van der Waals surface area contributed by atoms with Crippen molar-refractivity contribution in [3.05, 3.63) is 27.6 Å². The van der Waals surface area contributed by atoms with Gasteiger partial charge in [0.15, 0.2) is 0 Å². The highest BCUT2D eigenvalue weighted by Crippen LogP contribution is 2.40. The molecule has 3 rings (SSSR count). The van der Waals surface area contributed by atoms with Crippen LogP contribution in [0.2, 0.25) is 0 Å². The molecule has 0 spiro atoms. The Bertz CT molecular complexity index is 1040. The number of carbonyl (C=O) groups is 4. The van der Waals surface area contributed by atoms with Crippen LogP contribution in [0.4, 0.5) is 5.69 Å². The Labute approximate surface area is 184 Å². The minimum atomic E-state index is -1.35. The number of nitro groups is 1. The van der Waals surface area contributed by atoms with E-state index in [0.717, 1.165) is 15.8 Å². The minimum absolute atomic E-state index is 0.188. The quantitative estimate of drug-likeness (QED) is 0.220. The zero-order chi connectivity index (χ0) is 23.7. The summed E-state index contributed by atoms with van der Waals surface area (Å²) >= 11 is 1.22. The van der Waals surface area contributed by atoms with Crippen LogP contribution in [0, 0.1) is 10.1 Å². The zero-order valence-electron chi connectivity index (χ0n) is 17.1. The second-order valence-corrected chi connectivity index (χ2v) is 7.98. The van der Waals surface area contributed by atoms with Crippen molar-refractivity contribution >= 4 is 41.2 Å². The third kappa shape index (κ3) is 4.10. The van der Waals surface area contributed by atoms with Crippen molar-refractivity contribution in [1.82, 2.24) is 20.0 Å². The van der Waals surface area contributed by atoms with Crippen molar-refractivity contribution in [3.8, 4) is 5.88 Å². The summed E-state index contributed by atoms with van der Waals surface area (Å²) in [6, 6.07) is -2.01. The third-order valence-corrected chi connectivity index (χ3v) is 6.18. The van der Waals surface area contributed by atoms with Crippen LogP contribution in [-0.4, -0.2) is 79.3 Å². The number of hydrogen-bond donors (Lipinski definition) is 2. The molecule has 1 saturated heterocycles. The molecule has 1 aromatic heterocycles. The number of carbonyl (C=O) groups excluding carboxylic acids is 3. The number of thioether (sulfide) groups is 1. The number of methoxy groups -OCH3 is 1. The molecule has 1 fully saturated rings. The van der Waals surface area contributed by atoms with Gasteiger partial charge in [-0.15, -0.1) is 16.9 Å². The van der Waals surface area contributed by atoms with Gasteiger partial charge in [0.1, 0.15) is 36.0 Å². The number of β-lactam (4-membered cyclic amide) rings is 1. The van der Waals surface area contributed by atoms with Crippen molar-refractivity contribution < 1.29 is 38.7 Å². The molecule has 0 bridgehead atoms. The number of nitrogens with one attached hydrogen (secondary N) is 1. The molecule has 14 nitrogen and oxygen atoms in total. The number of ether oxygens (including phenoxy) is 2. The Kier molecular flexibility index (Phi) is 6.38. The predicted octanol–water partition coefficient (Wildman–Crippen LogP) is -0.337. The molecule has 2 aliphatic rings. The summed E-state index contributed by atoms with van der Waals surface area (Å²) in [5, 5.41) is 26.4. The molecule has 0 unspecified atom stereocenters. The molecule has 2 aliphatic heterocycles. The maximum absolute atomic E-state index is 12.7. The van der Waals surface area contributed by atoms with Gasteiger partial charge in [-0.1, -0.05) is 0 Å². The summed E-state index contributed by atoms with van der Waals surface area (Å²) in [7, 11) is 1.20. The van der Waals surface area contributed by atoms with Crippen LogP contribution in [0.3, 0.4) is 0 Å². The van der Waals surface area contributed by atoms with Crippen molar-refractivity contribution in [2.24, 2.45) is 0 Å². The number of aliphatic carboxylic acids is 1. The molecule has 0 saturated carbocycles. The molecule has 0 radical (unpaired) electrons. The van der Waals surface area contributed by atoms with Crippen molar-refractivity contribution in [2.75, 3.05) is 19.5 Å². The molecule has 3 atom stereocenters. The first kappa shape index (κ1) is 23.1. The van der Waals surface area contributed by atoms with E-state index in [9.17, 15) is 34.4 Å². The van der Waals surface area contributed by atoms with E-state index in [1.54, 1.807) is 0 Å². The Balaban J connectivity index is 1.73. The SMILES string of the molecule is COc1nn([C@H](C)C(=O)N[C@@H]2C(=O)N3C(C(=O)O)=C(COC(C)=O)CS[C@H]23)cc1[N+](=O)[O-]. The van der Waals surface area contributed by atoms with Gasteiger partial charge in [-0.3, -0.25) is 29.4 Å².